The van der Waals surface area contributed by atoms with Crippen LogP contribution in [-0.4, -0.2) is 21.0 Å². The molecule has 0 saturated heterocycles. The van der Waals surface area contributed by atoms with Crippen LogP contribution in [0.4, 0.5) is 5.69 Å². The topological polar surface area (TPSA) is 79.6 Å². The highest BCUT2D eigenvalue weighted by molar-refractivity contribution is 5.85. The van der Waals surface area contributed by atoms with E-state index in [0.717, 1.165) is 17.0 Å². The molecule has 2 aromatic heterocycles. The van der Waals surface area contributed by atoms with E-state index in [1.54, 1.807) is 6.20 Å². The molecule has 2 rings (SSSR count). The van der Waals surface area contributed by atoms with Gasteiger partial charge in [0.25, 0.3) is 0 Å². The molecule has 0 radical (unpaired) electrons. The number of aromatic nitrogens is 3. The van der Waals surface area contributed by atoms with Crippen molar-refractivity contribution >= 4 is 16.9 Å². The number of H-pyrrole nitrogens is 1. The summed E-state index contributed by atoms with van der Waals surface area (Å²) in [5.41, 5.74) is 8.17. The largest absolute Gasteiger partial charge is 0.381 e. The molecule has 0 aromatic carbocycles. The maximum Gasteiger partial charge on any atom is 0.179 e. The Morgan fingerprint density at radius 2 is 2.33 bits per heavy atom. The van der Waals surface area contributed by atoms with Crippen molar-refractivity contribution in [3.8, 4) is 0 Å². The van der Waals surface area contributed by atoms with Crippen LogP contribution in [0.2, 0.25) is 0 Å². The zero-order valence-corrected chi connectivity index (χ0v) is 8.91. The summed E-state index contributed by atoms with van der Waals surface area (Å²) in [4.78, 5) is 11.6. The Hall–Kier alpha value is -1.62. The van der Waals surface area contributed by atoms with Crippen molar-refractivity contribution in [2.45, 2.75) is 26.4 Å². The predicted octanol–water partition coefficient (Wildman–Crippen LogP) is 1.24. The standard InChI is InChI=1S/C10H15N5/c1-6(2)13-7-3-4-12-10-9(7)14-8(5-11)15-10/h3-4,6H,5,11H2,1-2H3,(H2,12,13,14,15). The van der Waals surface area contributed by atoms with Gasteiger partial charge in [-0.05, 0) is 19.9 Å². The summed E-state index contributed by atoms with van der Waals surface area (Å²) in [6.45, 7) is 4.58. The van der Waals surface area contributed by atoms with Crippen molar-refractivity contribution in [2.24, 2.45) is 5.73 Å². The molecule has 2 aromatic rings. The zero-order valence-electron chi connectivity index (χ0n) is 8.91. The Bertz CT molecular complexity index is 460. The number of nitrogens with zero attached hydrogens (tertiary/aromatic N) is 2. The van der Waals surface area contributed by atoms with Gasteiger partial charge in [-0.2, -0.15) is 0 Å². The molecule has 5 heteroatoms. The van der Waals surface area contributed by atoms with Gasteiger partial charge in [-0.3, -0.25) is 0 Å². The molecule has 0 aliphatic carbocycles. The Kier molecular flexibility index (Phi) is 2.55. The molecule has 0 aliphatic heterocycles. The zero-order chi connectivity index (χ0) is 10.8. The number of pyridine rings is 1. The Labute approximate surface area is 88.1 Å². The first kappa shape index (κ1) is 9.92. The number of aromatic amines is 1. The molecule has 5 nitrogen and oxygen atoms in total. The molecule has 0 bridgehead atoms. The molecule has 0 spiro atoms. The van der Waals surface area contributed by atoms with Gasteiger partial charge < -0.3 is 16.0 Å². The fraction of sp³-hybridized carbons (Fsp3) is 0.400. The Balaban J connectivity index is 2.49. The number of nitrogens with two attached hydrogens (primary N) is 1. The molecule has 0 saturated carbocycles. The minimum Gasteiger partial charge on any atom is -0.381 e. The van der Waals surface area contributed by atoms with Crippen LogP contribution in [0.15, 0.2) is 12.3 Å². The third-order valence-corrected chi connectivity index (χ3v) is 2.08. The van der Waals surface area contributed by atoms with Crippen LogP contribution < -0.4 is 11.1 Å². The van der Waals surface area contributed by atoms with Gasteiger partial charge in [0.2, 0.25) is 0 Å². The Morgan fingerprint density at radius 3 is 3.00 bits per heavy atom. The summed E-state index contributed by atoms with van der Waals surface area (Å²) in [7, 11) is 0. The lowest BCUT2D eigenvalue weighted by molar-refractivity contribution is 0.900. The second kappa shape index (κ2) is 3.86. The van der Waals surface area contributed by atoms with Crippen LogP contribution in [-0.2, 0) is 6.54 Å². The number of rotatable bonds is 3. The number of hydrogen-bond donors (Lipinski definition) is 3. The molecular formula is C10H15N5. The fourth-order valence-electron chi connectivity index (χ4n) is 1.49. The highest BCUT2D eigenvalue weighted by Gasteiger charge is 2.07. The minimum absolute atomic E-state index is 0.375. The van der Waals surface area contributed by atoms with E-state index in [1.165, 1.54) is 0 Å². The van der Waals surface area contributed by atoms with Gasteiger partial charge in [0, 0.05) is 12.2 Å². The van der Waals surface area contributed by atoms with Crippen LogP contribution in [0.5, 0.6) is 0 Å². The first-order chi connectivity index (χ1) is 7.20. The normalized spacial score (nSPS) is 11.2. The second-order valence-electron chi connectivity index (χ2n) is 3.74. The van der Waals surface area contributed by atoms with E-state index in [4.69, 9.17) is 5.73 Å². The van der Waals surface area contributed by atoms with E-state index in [9.17, 15) is 0 Å². The molecule has 0 fully saturated rings. The molecule has 80 valence electrons. The molecule has 0 atom stereocenters. The van der Waals surface area contributed by atoms with E-state index < -0.39 is 0 Å². The van der Waals surface area contributed by atoms with Gasteiger partial charge in [-0.15, -0.1) is 0 Å². The van der Waals surface area contributed by atoms with Crippen LogP contribution >= 0.6 is 0 Å². The van der Waals surface area contributed by atoms with Crippen LogP contribution in [0.25, 0.3) is 11.2 Å². The maximum atomic E-state index is 5.52. The smallest absolute Gasteiger partial charge is 0.179 e. The van der Waals surface area contributed by atoms with Crippen molar-refractivity contribution in [1.29, 1.82) is 0 Å². The summed E-state index contributed by atoms with van der Waals surface area (Å²) in [6.07, 6.45) is 1.74. The van der Waals surface area contributed by atoms with Crippen LogP contribution in [0, 0.1) is 0 Å². The van der Waals surface area contributed by atoms with Gasteiger partial charge >= 0.3 is 0 Å². The van der Waals surface area contributed by atoms with E-state index in [0.29, 0.717) is 18.2 Å². The number of nitrogens with one attached hydrogen (secondary N) is 2. The van der Waals surface area contributed by atoms with Gasteiger partial charge in [0.05, 0.1) is 12.2 Å². The van der Waals surface area contributed by atoms with E-state index in [-0.39, 0.29) is 0 Å². The first-order valence-corrected chi connectivity index (χ1v) is 5.01. The summed E-state index contributed by atoms with van der Waals surface area (Å²) >= 11 is 0. The highest BCUT2D eigenvalue weighted by Crippen LogP contribution is 2.19. The van der Waals surface area contributed by atoms with Gasteiger partial charge in [0.1, 0.15) is 11.3 Å². The number of fused-ring (bicyclic) bond motifs is 1. The van der Waals surface area contributed by atoms with Crippen molar-refractivity contribution < 1.29 is 0 Å². The predicted molar refractivity (Wildman–Crippen MR) is 60.5 cm³/mol. The summed E-state index contributed by atoms with van der Waals surface area (Å²) in [6, 6.07) is 2.31. The van der Waals surface area contributed by atoms with E-state index >= 15 is 0 Å². The molecule has 2 heterocycles. The second-order valence-corrected chi connectivity index (χ2v) is 3.74. The SMILES string of the molecule is CC(C)Nc1ccnc2nc(CN)[nH]c12. The highest BCUT2D eigenvalue weighted by atomic mass is 15.0. The van der Waals surface area contributed by atoms with Crippen LogP contribution in [0.1, 0.15) is 19.7 Å². The van der Waals surface area contributed by atoms with E-state index in [1.807, 2.05) is 6.07 Å². The van der Waals surface area contributed by atoms with Crippen molar-refractivity contribution in [3.63, 3.8) is 0 Å². The number of hydrogen-bond acceptors (Lipinski definition) is 4. The first-order valence-electron chi connectivity index (χ1n) is 5.01. The molecule has 4 N–H and O–H groups in total. The number of anilines is 1. The van der Waals surface area contributed by atoms with Gasteiger partial charge in [-0.1, -0.05) is 0 Å². The van der Waals surface area contributed by atoms with E-state index in [2.05, 4.69) is 34.1 Å². The lowest BCUT2D eigenvalue weighted by Gasteiger charge is -2.09. The minimum atomic E-state index is 0.375. The van der Waals surface area contributed by atoms with Gasteiger partial charge in [-0.25, -0.2) is 9.97 Å². The lowest BCUT2D eigenvalue weighted by Crippen LogP contribution is -2.10. The summed E-state index contributed by atoms with van der Waals surface area (Å²) < 4.78 is 0. The average Bonchev–Trinajstić information content (AvgIpc) is 2.61. The molecule has 0 amide bonds. The Morgan fingerprint density at radius 1 is 1.53 bits per heavy atom. The van der Waals surface area contributed by atoms with Crippen molar-refractivity contribution in [2.75, 3.05) is 5.32 Å². The molecular weight excluding hydrogens is 190 g/mol. The molecule has 0 aliphatic rings. The molecule has 15 heavy (non-hydrogen) atoms. The third kappa shape index (κ3) is 1.92. The monoisotopic (exact) mass is 205 g/mol. The molecule has 0 unspecified atom stereocenters. The van der Waals surface area contributed by atoms with Crippen molar-refractivity contribution in [1.82, 2.24) is 15.0 Å². The van der Waals surface area contributed by atoms with Crippen LogP contribution in [0.3, 0.4) is 0 Å². The number of imidazole rings is 1. The maximum absolute atomic E-state index is 5.52. The fourth-order valence-corrected chi connectivity index (χ4v) is 1.49. The lowest BCUT2D eigenvalue weighted by atomic mass is 10.3. The third-order valence-electron chi connectivity index (χ3n) is 2.08. The quantitative estimate of drug-likeness (QED) is 0.704. The van der Waals surface area contributed by atoms with Gasteiger partial charge in [0.15, 0.2) is 5.65 Å². The van der Waals surface area contributed by atoms with Crippen molar-refractivity contribution in [3.05, 3.63) is 18.1 Å². The summed E-state index contributed by atoms with van der Waals surface area (Å²) in [5.74, 6) is 0.760. The average molecular weight is 205 g/mol. The summed E-state index contributed by atoms with van der Waals surface area (Å²) in [5, 5.41) is 3.33.